The summed E-state index contributed by atoms with van der Waals surface area (Å²) in [5.74, 6) is 4.38. The van der Waals surface area contributed by atoms with Gasteiger partial charge in [0.15, 0.2) is 5.79 Å². The van der Waals surface area contributed by atoms with Crippen LogP contribution in [0.3, 0.4) is 0 Å². The molecule has 170 valence electrons. The van der Waals surface area contributed by atoms with E-state index in [1.165, 1.54) is 64.2 Å². The highest BCUT2D eigenvalue weighted by Gasteiger charge is 2.69. The average molecular weight is 417 g/mol. The second kappa shape index (κ2) is 6.94. The van der Waals surface area contributed by atoms with Crippen LogP contribution in [0.1, 0.15) is 91.4 Å². The summed E-state index contributed by atoms with van der Waals surface area (Å²) in [5, 5.41) is 10.6. The van der Waals surface area contributed by atoms with Crippen molar-refractivity contribution in [2.75, 3.05) is 13.2 Å². The smallest absolute Gasteiger partial charge is 0.174 e. The highest BCUT2D eigenvalue weighted by atomic mass is 16.7. The standard InChI is InChI=1S/C27H44O3/c1-17-9-13-27(29-16-17)22(15-28)24-23(30-27)14-21-19-8-7-18-6-4-5-11-25(18,2)20(19)10-12-26(21,24)3/h17-24,28H,4-16H2,1-3H3/t17-,18?,19+,20-,21-,22-,23-,24-,25-,26-,27+/m0/s1. The van der Waals surface area contributed by atoms with Gasteiger partial charge in [-0.25, -0.2) is 0 Å². The first kappa shape index (κ1) is 20.5. The topological polar surface area (TPSA) is 38.7 Å². The van der Waals surface area contributed by atoms with Crippen LogP contribution in [0.25, 0.3) is 0 Å². The Morgan fingerprint density at radius 2 is 1.77 bits per heavy atom. The summed E-state index contributed by atoms with van der Waals surface area (Å²) in [6, 6.07) is 0. The highest BCUT2D eigenvalue weighted by molar-refractivity contribution is 5.15. The zero-order valence-electron chi connectivity index (χ0n) is 19.6. The molecule has 30 heavy (non-hydrogen) atoms. The van der Waals surface area contributed by atoms with Crippen molar-refractivity contribution in [3.8, 4) is 0 Å². The fourth-order valence-corrected chi connectivity index (χ4v) is 10.3. The van der Waals surface area contributed by atoms with Gasteiger partial charge < -0.3 is 14.6 Å². The molecule has 0 bridgehead atoms. The van der Waals surface area contributed by atoms with Crippen molar-refractivity contribution in [1.82, 2.24) is 0 Å². The highest BCUT2D eigenvalue weighted by Crippen LogP contribution is 2.71. The molecule has 6 aliphatic rings. The summed E-state index contributed by atoms with van der Waals surface area (Å²) in [6.07, 6.45) is 15.2. The van der Waals surface area contributed by atoms with Crippen LogP contribution in [0.4, 0.5) is 0 Å². The third kappa shape index (κ3) is 2.61. The van der Waals surface area contributed by atoms with E-state index in [1.54, 1.807) is 0 Å². The van der Waals surface area contributed by atoms with Gasteiger partial charge in [0.25, 0.3) is 0 Å². The van der Waals surface area contributed by atoms with Crippen molar-refractivity contribution in [3.05, 3.63) is 0 Å². The number of hydrogen-bond donors (Lipinski definition) is 1. The molecule has 0 aromatic heterocycles. The minimum absolute atomic E-state index is 0.170. The molecule has 1 unspecified atom stereocenters. The van der Waals surface area contributed by atoms with Gasteiger partial charge in [0, 0.05) is 18.3 Å². The molecule has 2 saturated heterocycles. The molecule has 4 saturated carbocycles. The molecule has 0 aromatic rings. The largest absolute Gasteiger partial charge is 0.396 e. The zero-order valence-corrected chi connectivity index (χ0v) is 19.6. The maximum Gasteiger partial charge on any atom is 0.174 e. The van der Waals surface area contributed by atoms with Crippen molar-refractivity contribution in [2.45, 2.75) is 103 Å². The Labute approximate surface area is 183 Å². The van der Waals surface area contributed by atoms with Crippen LogP contribution < -0.4 is 0 Å². The molecule has 0 amide bonds. The van der Waals surface area contributed by atoms with Crippen LogP contribution >= 0.6 is 0 Å². The first-order chi connectivity index (χ1) is 14.4. The van der Waals surface area contributed by atoms with Crippen molar-refractivity contribution in [1.29, 1.82) is 0 Å². The number of fused-ring (bicyclic) bond motifs is 7. The predicted octanol–water partition coefficient (Wildman–Crippen LogP) is 5.80. The van der Waals surface area contributed by atoms with E-state index in [0.717, 1.165) is 36.7 Å². The van der Waals surface area contributed by atoms with Gasteiger partial charge in [-0.1, -0.05) is 33.6 Å². The van der Waals surface area contributed by atoms with Crippen LogP contribution in [0.5, 0.6) is 0 Å². The number of hydrogen-bond acceptors (Lipinski definition) is 3. The van der Waals surface area contributed by atoms with E-state index in [4.69, 9.17) is 9.47 Å². The zero-order chi connectivity index (χ0) is 20.7. The molecular weight excluding hydrogens is 372 g/mol. The van der Waals surface area contributed by atoms with Crippen LogP contribution in [0.15, 0.2) is 0 Å². The maximum absolute atomic E-state index is 10.6. The lowest BCUT2D eigenvalue weighted by molar-refractivity contribution is -0.278. The number of ether oxygens (including phenoxy) is 2. The monoisotopic (exact) mass is 416 g/mol. The first-order valence-electron chi connectivity index (χ1n) is 13.3. The Bertz CT molecular complexity index is 669. The normalized spacial score (nSPS) is 60.0. The first-order valence-corrected chi connectivity index (χ1v) is 13.3. The van der Waals surface area contributed by atoms with E-state index in [-0.39, 0.29) is 12.5 Å². The van der Waals surface area contributed by atoms with Crippen molar-refractivity contribution < 1.29 is 14.6 Å². The van der Waals surface area contributed by atoms with Crippen LogP contribution in [-0.4, -0.2) is 30.2 Å². The number of aliphatic hydroxyl groups is 1. The molecular formula is C27H44O3. The van der Waals surface area contributed by atoms with Gasteiger partial charge >= 0.3 is 0 Å². The number of rotatable bonds is 1. The lowest BCUT2D eigenvalue weighted by atomic mass is 9.44. The summed E-state index contributed by atoms with van der Waals surface area (Å²) >= 11 is 0. The second-order valence-electron chi connectivity index (χ2n) is 12.9. The van der Waals surface area contributed by atoms with Crippen LogP contribution in [0, 0.1) is 52.3 Å². The van der Waals surface area contributed by atoms with Crippen molar-refractivity contribution in [3.63, 3.8) is 0 Å². The van der Waals surface area contributed by atoms with Crippen molar-refractivity contribution >= 4 is 0 Å². The van der Waals surface area contributed by atoms with Crippen LogP contribution in [-0.2, 0) is 9.47 Å². The summed E-state index contributed by atoms with van der Waals surface area (Å²) < 4.78 is 13.3. The second-order valence-corrected chi connectivity index (χ2v) is 12.9. The summed E-state index contributed by atoms with van der Waals surface area (Å²) in [7, 11) is 0. The Kier molecular flexibility index (Phi) is 4.74. The number of aliphatic hydroxyl groups excluding tert-OH is 1. The van der Waals surface area contributed by atoms with Gasteiger partial charge in [-0.05, 0) is 91.8 Å². The van der Waals surface area contributed by atoms with E-state index in [2.05, 4.69) is 20.8 Å². The SMILES string of the molecule is C[C@H]1CC[C@@]2(OC1)O[C@H]1C[C@H]3[C@@H]4CCC5CCCC[C@]5(C)[C@H]4CC[C@]3(C)[C@H]1[C@@H]2CO. The fraction of sp³-hybridized carbons (Fsp3) is 1.00. The summed E-state index contributed by atoms with van der Waals surface area (Å²) in [6.45, 7) is 8.55. The molecule has 2 aliphatic heterocycles. The van der Waals surface area contributed by atoms with E-state index >= 15 is 0 Å². The van der Waals surface area contributed by atoms with E-state index in [0.29, 0.717) is 28.8 Å². The van der Waals surface area contributed by atoms with E-state index < -0.39 is 5.79 Å². The Morgan fingerprint density at radius 1 is 0.900 bits per heavy atom. The molecule has 3 heteroatoms. The molecule has 3 nitrogen and oxygen atoms in total. The quantitative estimate of drug-likeness (QED) is 0.587. The van der Waals surface area contributed by atoms with Crippen LogP contribution in [0.2, 0.25) is 0 Å². The molecule has 2 heterocycles. The van der Waals surface area contributed by atoms with Gasteiger partial charge in [-0.15, -0.1) is 0 Å². The molecule has 6 rings (SSSR count). The van der Waals surface area contributed by atoms with Gasteiger partial charge in [0.05, 0.1) is 19.3 Å². The van der Waals surface area contributed by atoms with E-state index in [1.807, 2.05) is 0 Å². The van der Waals surface area contributed by atoms with Gasteiger partial charge in [0.2, 0.25) is 0 Å². The maximum atomic E-state index is 10.6. The Morgan fingerprint density at radius 3 is 2.53 bits per heavy atom. The van der Waals surface area contributed by atoms with E-state index in [9.17, 15) is 5.11 Å². The molecule has 11 atom stereocenters. The minimum Gasteiger partial charge on any atom is -0.396 e. The fourth-order valence-electron chi connectivity index (χ4n) is 10.3. The van der Waals surface area contributed by atoms with Gasteiger partial charge in [0.1, 0.15) is 0 Å². The molecule has 6 fully saturated rings. The van der Waals surface area contributed by atoms with Gasteiger partial charge in [-0.3, -0.25) is 0 Å². The molecule has 0 radical (unpaired) electrons. The lowest BCUT2D eigenvalue weighted by Crippen LogP contribution is -2.54. The summed E-state index contributed by atoms with van der Waals surface area (Å²) in [5.41, 5.74) is 0.925. The molecule has 0 aromatic carbocycles. The Hall–Kier alpha value is -0.120. The summed E-state index contributed by atoms with van der Waals surface area (Å²) in [4.78, 5) is 0. The predicted molar refractivity (Wildman–Crippen MR) is 118 cm³/mol. The lowest BCUT2D eigenvalue weighted by Gasteiger charge is -2.61. The molecule has 1 spiro atoms. The Balaban J connectivity index is 1.29. The van der Waals surface area contributed by atoms with Crippen molar-refractivity contribution in [2.24, 2.45) is 52.3 Å². The molecule has 1 N–H and O–H groups in total. The third-order valence-corrected chi connectivity index (χ3v) is 11.8. The average Bonchev–Trinajstić information content (AvgIpc) is 3.20. The van der Waals surface area contributed by atoms with Gasteiger partial charge in [-0.2, -0.15) is 0 Å². The molecule has 4 aliphatic carbocycles. The third-order valence-electron chi connectivity index (χ3n) is 11.8. The minimum atomic E-state index is -0.492.